The van der Waals surface area contributed by atoms with Gasteiger partial charge in [-0.1, -0.05) is 0 Å². The summed E-state index contributed by atoms with van der Waals surface area (Å²) in [4.78, 5) is 3.12. The molecule has 0 bridgehead atoms. The van der Waals surface area contributed by atoms with E-state index >= 15 is 0 Å². The molecule has 1 aromatic rings. The molecule has 0 saturated heterocycles. The Hall–Kier alpha value is -1.84. The molecule has 0 spiro atoms. The maximum absolute atomic E-state index is 12.7. The molecule has 0 atom stereocenters. The van der Waals surface area contributed by atoms with Crippen molar-refractivity contribution in [2.24, 2.45) is 0 Å². The first-order valence-electron chi connectivity index (χ1n) is 3.24. The number of alkyl halides is 3. The van der Waals surface area contributed by atoms with Crippen molar-refractivity contribution in [3.63, 3.8) is 0 Å². The van der Waals surface area contributed by atoms with Crippen LogP contribution in [0.2, 0.25) is 0 Å². The zero-order valence-corrected chi connectivity index (χ0v) is 6.47. The molecular weight excluding hydrogens is 204 g/mol. The Balaban J connectivity index is 2.94. The molecule has 14 heavy (non-hydrogen) atoms. The fourth-order valence-electron chi connectivity index (χ4n) is 0.692. The van der Waals surface area contributed by atoms with Gasteiger partial charge < -0.3 is 4.74 Å². The number of nitriles is 1. The van der Waals surface area contributed by atoms with Crippen molar-refractivity contribution in [2.75, 3.05) is 0 Å². The normalized spacial score (nSPS) is 10.8. The van der Waals surface area contributed by atoms with E-state index in [2.05, 4.69) is 9.72 Å². The van der Waals surface area contributed by atoms with Gasteiger partial charge in [0.15, 0.2) is 17.3 Å². The van der Waals surface area contributed by atoms with Gasteiger partial charge in [0.05, 0.1) is 6.20 Å². The number of rotatable bonds is 1. The predicted octanol–water partition coefficient (Wildman–Crippen LogP) is 1.99. The van der Waals surface area contributed by atoms with Crippen LogP contribution in [0.25, 0.3) is 0 Å². The van der Waals surface area contributed by atoms with Crippen molar-refractivity contribution in [3.8, 4) is 11.8 Å². The summed E-state index contributed by atoms with van der Waals surface area (Å²) in [6.45, 7) is 0. The average molecular weight is 206 g/mol. The highest BCUT2D eigenvalue weighted by atomic mass is 19.4. The number of nitrogens with zero attached hydrogens (tertiary/aromatic N) is 2. The Kier molecular flexibility index (Phi) is 2.56. The van der Waals surface area contributed by atoms with Crippen LogP contribution in [0.15, 0.2) is 12.3 Å². The number of ether oxygens (including phenoxy) is 1. The first-order valence-corrected chi connectivity index (χ1v) is 3.24. The van der Waals surface area contributed by atoms with Gasteiger partial charge in [0.25, 0.3) is 0 Å². The van der Waals surface area contributed by atoms with Crippen LogP contribution in [0.1, 0.15) is 5.69 Å². The second kappa shape index (κ2) is 3.49. The molecule has 0 aliphatic carbocycles. The van der Waals surface area contributed by atoms with Crippen molar-refractivity contribution >= 4 is 0 Å². The van der Waals surface area contributed by atoms with Crippen LogP contribution in [0.5, 0.6) is 5.75 Å². The molecule has 0 aliphatic heterocycles. The minimum Gasteiger partial charge on any atom is -0.404 e. The van der Waals surface area contributed by atoms with E-state index in [1.807, 2.05) is 0 Å². The van der Waals surface area contributed by atoms with Gasteiger partial charge in [-0.05, 0) is 0 Å². The van der Waals surface area contributed by atoms with Crippen molar-refractivity contribution in [3.05, 3.63) is 23.8 Å². The van der Waals surface area contributed by atoms with Gasteiger partial charge in [-0.25, -0.2) is 9.37 Å². The van der Waals surface area contributed by atoms with Gasteiger partial charge in [0, 0.05) is 6.07 Å². The standard InChI is InChI=1S/C7H2F4N2O/c8-5-1-4(14-7(9,10)11)3-13-6(5)2-12/h1,3H. The van der Waals surface area contributed by atoms with Crippen LogP contribution in [0, 0.1) is 17.1 Å². The zero-order valence-electron chi connectivity index (χ0n) is 6.47. The van der Waals surface area contributed by atoms with E-state index in [0.717, 1.165) is 0 Å². The van der Waals surface area contributed by atoms with Gasteiger partial charge in [-0.15, -0.1) is 13.2 Å². The van der Waals surface area contributed by atoms with Gasteiger partial charge >= 0.3 is 6.36 Å². The Morgan fingerprint density at radius 2 is 2.07 bits per heavy atom. The Morgan fingerprint density at radius 3 is 2.50 bits per heavy atom. The van der Waals surface area contributed by atoms with Crippen LogP contribution >= 0.6 is 0 Å². The van der Waals surface area contributed by atoms with Crippen LogP contribution in [-0.4, -0.2) is 11.3 Å². The van der Waals surface area contributed by atoms with Crippen LogP contribution < -0.4 is 4.74 Å². The van der Waals surface area contributed by atoms with Gasteiger partial charge in [0.2, 0.25) is 0 Å². The number of pyridine rings is 1. The molecule has 0 unspecified atom stereocenters. The Bertz CT molecular complexity index is 382. The maximum Gasteiger partial charge on any atom is 0.573 e. The molecular formula is C7H2F4N2O. The van der Waals surface area contributed by atoms with E-state index in [-0.39, 0.29) is 0 Å². The second-order valence-electron chi connectivity index (χ2n) is 2.16. The lowest BCUT2D eigenvalue weighted by Crippen LogP contribution is -2.17. The number of halogens is 4. The summed E-state index contributed by atoms with van der Waals surface area (Å²) in [5, 5.41) is 8.23. The molecule has 1 aromatic heterocycles. The van der Waals surface area contributed by atoms with Crippen molar-refractivity contribution in [1.82, 2.24) is 4.98 Å². The van der Waals surface area contributed by atoms with Crippen molar-refractivity contribution < 1.29 is 22.3 Å². The average Bonchev–Trinajstić information content (AvgIpc) is 2.01. The first-order chi connectivity index (χ1) is 6.42. The summed E-state index contributed by atoms with van der Waals surface area (Å²) in [5.74, 6) is -1.96. The van der Waals surface area contributed by atoms with E-state index in [9.17, 15) is 17.6 Å². The smallest absolute Gasteiger partial charge is 0.404 e. The lowest BCUT2D eigenvalue weighted by atomic mass is 10.3. The van der Waals surface area contributed by atoms with E-state index in [1.54, 1.807) is 0 Å². The monoisotopic (exact) mass is 206 g/mol. The SMILES string of the molecule is N#Cc1ncc(OC(F)(F)F)cc1F. The third-order valence-corrected chi connectivity index (χ3v) is 1.16. The van der Waals surface area contributed by atoms with E-state index < -0.39 is 23.6 Å². The molecule has 0 aliphatic rings. The minimum absolute atomic E-state index is 0.443. The largest absolute Gasteiger partial charge is 0.573 e. The van der Waals surface area contributed by atoms with Gasteiger partial charge in [-0.2, -0.15) is 5.26 Å². The molecule has 0 amide bonds. The first kappa shape index (κ1) is 10.2. The predicted molar refractivity (Wildman–Crippen MR) is 35.6 cm³/mol. The van der Waals surface area contributed by atoms with E-state index in [0.29, 0.717) is 12.3 Å². The molecule has 74 valence electrons. The molecule has 3 nitrogen and oxygen atoms in total. The lowest BCUT2D eigenvalue weighted by Gasteiger charge is -2.07. The molecule has 0 saturated carbocycles. The summed E-state index contributed by atoms with van der Waals surface area (Å²) >= 11 is 0. The molecule has 1 rings (SSSR count). The Labute approximate surface area is 75.5 Å². The number of hydrogen-bond acceptors (Lipinski definition) is 3. The summed E-state index contributed by atoms with van der Waals surface area (Å²) < 4.78 is 50.9. The third kappa shape index (κ3) is 2.58. The maximum atomic E-state index is 12.7. The zero-order chi connectivity index (χ0) is 10.8. The fraction of sp³-hybridized carbons (Fsp3) is 0.143. The van der Waals surface area contributed by atoms with E-state index in [1.165, 1.54) is 6.07 Å². The molecule has 0 aromatic carbocycles. The van der Waals surface area contributed by atoms with Crippen molar-refractivity contribution in [1.29, 1.82) is 5.26 Å². The minimum atomic E-state index is -4.90. The molecule has 0 fully saturated rings. The van der Waals surface area contributed by atoms with E-state index in [4.69, 9.17) is 5.26 Å². The second-order valence-corrected chi connectivity index (χ2v) is 2.16. The number of aromatic nitrogens is 1. The highest BCUT2D eigenvalue weighted by Crippen LogP contribution is 2.22. The molecule has 0 N–H and O–H groups in total. The molecule has 0 radical (unpaired) electrons. The summed E-state index contributed by atoms with van der Waals surface area (Å²) in [5.41, 5.74) is -0.584. The highest BCUT2D eigenvalue weighted by molar-refractivity contribution is 5.28. The quantitative estimate of drug-likeness (QED) is 0.660. The summed E-state index contributed by atoms with van der Waals surface area (Å²) in [6.07, 6.45) is -4.28. The van der Waals surface area contributed by atoms with Crippen LogP contribution in [0.3, 0.4) is 0 Å². The molecule has 7 heteroatoms. The number of hydrogen-bond donors (Lipinski definition) is 0. The van der Waals surface area contributed by atoms with Crippen molar-refractivity contribution in [2.45, 2.75) is 6.36 Å². The highest BCUT2D eigenvalue weighted by Gasteiger charge is 2.31. The summed E-state index contributed by atoms with van der Waals surface area (Å²) in [7, 11) is 0. The van der Waals surface area contributed by atoms with Crippen LogP contribution in [-0.2, 0) is 0 Å². The van der Waals surface area contributed by atoms with Crippen LogP contribution in [0.4, 0.5) is 17.6 Å². The fourth-order valence-corrected chi connectivity index (χ4v) is 0.692. The van der Waals surface area contributed by atoms with Gasteiger partial charge in [-0.3, -0.25) is 0 Å². The third-order valence-electron chi connectivity index (χ3n) is 1.16. The summed E-state index contributed by atoms with van der Waals surface area (Å²) in [6, 6.07) is 1.81. The topological polar surface area (TPSA) is 45.9 Å². The lowest BCUT2D eigenvalue weighted by molar-refractivity contribution is -0.274. The Morgan fingerprint density at radius 1 is 1.43 bits per heavy atom. The van der Waals surface area contributed by atoms with Gasteiger partial charge in [0.1, 0.15) is 6.07 Å². The molecule has 1 heterocycles.